The third-order valence-electron chi connectivity index (χ3n) is 5.87. The third kappa shape index (κ3) is 2.21. The zero-order valence-corrected chi connectivity index (χ0v) is 13.1. The Morgan fingerprint density at radius 1 is 1.33 bits per heavy atom. The van der Waals surface area contributed by atoms with E-state index in [4.69, 9.17) is 0 Å². The molecule has 112 valence electrons. The Hall–Kier alpha value is -1.57. The number of amides is 1. The first-order chi connectivity index (χ1) is 9.97. The lowest BCUT2D eigenvalue weighted by Crippen LogP contribution is -2.42. The topological polar surface area (TPSA) is 29.1 Å². The lowest BCUT2D eigenvalue weighted by Gasteiger charge is -2.37. The summed E-state index contributed by atoms with van der Waals surface area (Å²) >= 11 is 0. The average Bonchev–Trinajstić information content (AvgIpc) is 3.00. The predicted octanol–water partition coefficient (Wildman–Crippen LogP) is 3.73. The molecule has 0 radical (unpaired) electrons. The van der Waals surface area contributed by atoms with Gasteiger partial charge in [-0.05, 0) is 42.6 Å². The molecule has 0 saturated heterocycles. The van der Waals surface area contributed by atoms with Gasteiger partial charge in [-0.1, -0.05) is 56.3 Å². The molecule has 0 spiro atoms. The molecule has 2 aliphatic carbocycles. The van der Waals surface area contributed by atoms with Crippen LogP contribution in [0.25, 0.3) is 0 Å². The van der Waals surface area contributed by atoms with Gasteiger partial charge in [-0.2, -0.15) is 0 Å². The summed E-state index contributed by atoms with van der Waals surface area (Å²) in [6, 6.07) is 10.3. The molecule has 2 heteroatoms. The van der Waals surface area contributed by atoms with E-state index >= 15 is 0 Å². The number of carbonyl (C=O) groups is 1. The first-order valence-electron chi connectivity index (χ1n) is 7.99. The van der Waals surface area contributed by atoms with Gasteiger partial charge in [0, 0.05) is 6.54 Å². The highest BCUT2D eigenvalue weighted by atomic mass is 16.2. The Morgan fingerprint density at radius 2 is 2.05 bits per heavy atom. The monoisotopic (exact) mass is 283 g/mol. The van der Waals surface area contributed by atoms with E-state index in [1.807, 2.05) is 18.2 Å². The molecule has 2 nitrogen and oxygen atoms in total. The van der Waals surface area contributed by atoms with Crippen LogP contribution in [-0.4, -0.2) is 12.5 Å². The summed E-state index contributed by atoms with van der Waals surface area (Å²) in [4.78, 5) is 12.7. The average molecular weight is 283 g/mol. The largest absolute Gasteiger partial charge is 0.355 e. The molecule has 1 N–H and O–H groups in total. The molecule has 21 heavy (non-hydrogen) atoms. The molecule has 2 atom stereocenters. The van der Waals surface area contributed by atoms with E-state index in [1.54, 1.807) is 0 Å². The molecule has 2 unspecified atom stereocenters. The normalized spacial score (nSPS) is 29.6. The molecular formula is C19H25NO. The molecule has 0 aliphatic heterocycles. The van der Waals surface area contributed by atoms with Gasteiger partial charge in [0.2, 0.25) is 5.91 Å². The molecule has 0 aromatic heterocycles. The SMILES string of the molecule is C=C1C2(C(=O)NCCc3ccccc3)CCC(C2)C1(C)C. The number of hydrogen-bond donors (Lipinski definition) is 1. The van der Waals surface area contributed by atoms with Crippen molar-refractivity contribution in [2.24, 2.45) is 16.7 Å². The summed E-state index contributed by atoms with van der Waals surface area (Å²) in [7, 11) is 0. The predicted molar refractivity (Wildman–Crippen MR) is 85.9 cm³/mol. The second-order valence-electron chi connectivity index (χ2n) is 7.21. The zero-order valence-electron chi connectivity index (χ0n) is 13.1. The number of nitrogens with one attached hydrogen (secondary N) is 1. The summed E-state index contributed by atoms with van der Waals surface area (Å²) in [5.41, 5.74) is 2.26. The van der Waals surface area contributed by atoms with E-state index in [0.29, 0.717) is 12.5 Å². The molecule has 3 rings (SSSR count). The lowest BCUT2D eigenvalue weighted by molar-refractivity contribution is -0.128. The van der Waals surface area contributed by atoms with Crippen molar-refractivity contribution in [1.29, 1.82) is 0 Å². The van der Waals surface area contributed by atoms with E-state index < -0.39 is 0 Å². The van der Waals surface area contributed by atoms with Crippen molar-refractivity contribution in [3.8, 4) is 0 Å². The molecule has 2 fully saturated rings. The summed E-state index contributed by atoms with van der Waals surface area (Å²) in [5.74, 6) is 0.835. The van der Waals surface area contributed by atoms with Crippen LogP contribution in [-0.2, 0) is 11.2 Å². The third-order valence-corrected chi connectivity index (χ3v) is 5.87. The van der Waals surface area contributed by atoms with Crippen LogP contribution < -0.4 is 5.32 Å². The van der Waals surface area contributed by atoms with Gasteiger partial charge in [-0.3, -0.25) is 4.79 Å². The highest BCUT2D eigenvalue weighted by Crippen LogP contribution is 2.65. The van der Waals surface area contributed by atoms with Gasteiger partial charge in [0.15, 0.2) is 0 Å². The maximum atomic E-state index is 12.7. The summed E-state index contributed by atoms with van der Waals surface area (Å²) < 4.78 is 0. The fourth-order valence-electron chi connectivity index (χ4n) is 4.28. The van der Waals surface area contributed by atoms with Gasteiger partial charge in [0.1, 0.15) is 0 Å². The number of rotatable bonds is 4. The summed E-state index contributed by atoms with van der Waals surface area (Å²) in [6.45, 7) is 9.50. The Labute approximate surface area is 127 Å². The molecule has 0 heterocycles. The van der Waals surface area contributed by atoms with Crippen molar-refractivity contribution in [3.63, 3.8) is 0 Å². The molecule has 1 aromatic carbocycles. The Kier molecular flexibility index (Phi) is 3.43. The minimum atomic E-state index is -0.287. The highest BCUT2D eigenvalue weighted by molar-refractivity contribution is 5.87. The van der Waals surface area contributed by atoms with Crippen molar-refractivity contribution >= 4 is 5.91 Å². The Bertz CT molecular complexity index is 560. The van der Waals surface area contributed by atoms with Crippen LogP contribution in [0.15, 0.2) is 42.5 Å². The van der Waals surface area contributed by atoms with Gasteiger partial charge in [0.05, 0.1) is 5.41 Å². The van der Waals surface area contributed by atoms with Crippen molar-refractivity contribution in [2.45, 2.75) is 39.5 Å². The first-order valence-corrected chi connectivity index (χ1v) is 7.99. The maximum absolute atomic E-state index is 12.7. The maximum Gasteiger partial charge on any atom is 0.230 e. The van der Waals surface area contributed by atoms with E-state index in [2.05, 4.69) is 37.9 Å². The van der Waals surface area contributed by atoms with Crippen LogP contribution in [0.4, 0.5) is 0 Å². The molecular weight excluding hydrogens is 258 g/mol. The molecule has 1 aromatic rings. The van der Waals surface area contributed by atoms with Crippen molar-refractivity contribution in [3.05, 3.63) is 48.0 Å². The van der Waals surface area contributed by atoms with Crippen LogP contribution in [0.1, 0.15) is 38.7 Å². The van der Waals surface area contributed by atoms with Gasteiger partial charge < -0.3 is 5.32 Å². The summed E-state index contributed by atoms with van der Waals surface area (Å²) in [6.07, 6.45) is 4.03. The number of hydrogen-bond acceptors (Lipinski definition) is 1. The number of carbonyl (C=O) groups excluding carboxylic acids is 1. The van der Waals surface area contributed by atoms with Crippen LogP contribution in [0.3, 0.4) is 0 Å². The Morgan fingerprint density at radius 3 is 2.67 bits per heavy atom. The van der Waals surface area contributed by atoms with E-state index in [1.165, 1.54) is 5.56 Å². The highest BCUT2D eigenvalue weighted by Gasteiger charge is 2.60. The van der Waals surface area contributed by atoms with E-state index in [0.717, 1.165) is 31.3 Å². The lowest BCUT2D eigenvalue weighted by atomic mass is 9.68. The number of fused-ring (bicyclic) bond motifs is 2. The second-order valence-corrected chi connectivity index (χ2v) is 7.21. The standard InChI is InChI=1S/C19H25NO/c1-14-18(2,3)16-9-11-19(14,13-16)17(21)20-12-10-15-7-5-4-6-8-15/h4-8,16H,1,9-13H2,2-3H3,(H,20,21). The van der Waals surface area contributed by atoms with Gasteiger partial charge in [0.25, 0.3) is 0 Å². The minimum absolute atomic E-state index is 0.120. The smallest absolute Gasteiger partial charge is 0.230 e. The van der Waals surface area contributed by atoms with Gasteiger partial charge in [-0.15, -0.1) is 0 Å². The van der Waals surface area contributed by atoms with E-state index in [9.17, 15) is 4.79 Å². The quantitative estimate of drug-likeness (QED) is 0.838. The molecule has 2 bridgehead atoms. The second kappa shape index (κ2) is 5.01. The minimum Gasteiger partial charge on any atom is -0.355 e. The molecule has 2 aliphatic rings. The zero-order chi connectivity index (χ0) is 15.1. The first kappa shape index (κ1) is 14.4. The van der Waals surface area contributed by atoms with Crippen molar-refractivity contribution in [1.82, 2.24) is 5.32 Å². The van der Waals surface area contributed by atoms with Crippen molar-refractivity contribution < 1.29 is 4.79 Å². The fraction of sp³-hybridized carbons (Fsp3) is 0.526. The van der Waals surface area contributed by atoms with Gasteiger partial charge >= 0.3 is 0 Å². The van der Waals surface area contributed by atoms with Gasteiger partial charge in [-0.25, -0.2) is 0 Å². The van der Waals surface area contributed by atoms with Crippen molar-refractivity contribution in [2.75, 3.05) is 6.54 Å². The molecule has 1 amide bonds. The van der Waals surface area contributed by atoms with Crippen LogP contribution >= 0.6 is 0 Å². The van der Waals surface area contributed by atoms with Crippen LogP contribution in [0.5, 0.6) is 0 Å². The molecule has 2 saturated carbocycles. The van der Waals surface area contributed by atoms with Crippen LogP contribution in [0, 0.1) is 16.7 Å². The number of benzene rings is 1. The van der Waals surface area contributed by atoms with Crippen LogP contribution in [0.2, 0.25) is 0 Å². The Balaban J connectivity index is 1.62. The fourth-order valence-corrected chi connectivity index (χ4v) is 4.28. The summed E-state index contributed by atoms with van der Waals surface area (Å²) in [5, 5.41) is 3.16. The van der Waals surface area contributed by atoms with E-state index in [-0.39, 0.29) is 16.7 Å².